The van der Waals surface area contributed by atoms with Gasteiger partial charge in [0, 0.05) is 18.3 Å². The second-order valence-corrected chi connectivity index (χ2v) is 8.30. The van der Waals surface area contributed by atoms with E-state index >= 15 is 0 Å². The second kappa shape index (κ2) is 8.04. The molecule has 1 atom stereocenters. The highest BCUT2D eigenvalue weighted by atomic mass is 32.2. The summed E-state index contributed by atoms with van der Waals surface area (Å²) >= 11 is 1.16. The van der Waals surface area contributed by atoms with Crippen molar-refractivity contribution in [3.05, 3.63) is 59.4 Å². The number of carbonyl (C=O) groups is 2. The molecule has 2 aromatic rings. The smallest absolute Gasteiger partial charge is 0.197 e. The van der Waals surface area contributed by atoms with Gasteiger partial charge in [-0.15, -0.1) is 0 Å². The van der Waals surface area contributed by atoms with E-state index in [1.807, 2.05) is 43.5 Å². The van der Waals surface area contributed by atoms with Crippen LogP contribution < -0.4 is 4.74 Å². The Morgan fingerprint density at radius 1 is 1.12 bits per heavy atom. The maximum absolute atomic E-state index is 12.0. The minimum Gasteiger partial charge on any atom is -0.493 e. The molecule has 0 saturated carbocycles. The van der Waals surface area contributed by atoms with Crippen LogP contribution in [0, 0.1) is 0 Å². The van der Waals surface area contributed by atoms with Crippen LogP contribution in [0.1, 0.15) is 37.1 Å². The summed E-state index contributed by atoms with van der Waals surface area (Å²) in [6.07, 6.45) is 4.29. The van der Waals surface area contributed by atoms with Crippen LogP contribution in [0.4, 0.5) is 0 Å². The number of thioether (sulfide) groups is 1. The molecule has 2 heterocycles. The number of ketones is 1. The monoisotopic (exact) mass is 369 g/mol. The first-order chi connectivity index (χ1) is 12.5. The fraction of sp³-hybridized carbons (Fsp3) is 0.381. The second-order valence-electron chi connectivity index (χ2n) is 6.74. The van der Waals surface area contributed by atoms with Crippen molar-refractivity contribution in [2.45, 2.75) is 44.3 Å². The molecule has 136 valence electrons. The topological polar surface area (TPSA) is 56.3 Å². The molecule has 0 bridgehead atoms. The van der Waals surface area contributed by atoms with Gasteiger partial charge in [-0.25, -0.2) is 0 Å². The van der Waals surface area contributed by atoms with Gasteiger partial charge in [0.05, 0.1) is 17.8 Å². The predicted molar refractivity (Wildman–Crippen MR) is 104 cm³/mol. The van der Waals surface area contributed by atoms with E-state index in [0.717, 1.165) is 41.6 Å². The highest BCUT2D eigenvalue weighted by Crippen LogP contribution is 2.38. The van der Waals surface area contributed by atoms with Gasteiger partial charge in [0.2, 0.25) is 0 Å². The zero-order valence-electron chi connectivity index (χ0n) is 15.2. The zero-order chi connectivity index (χ0) is 18.6. The average molecular weight is 369 g/mol. The predicted octanol–water partition coefficient (Wildman–Crippen LogP) is 3.80. The Kier molecular flexibility index (Phi) is 5.77. The third-order valence-electron chi connectivity index (χ3n) is 4.62. The number of hydrogen-bond acceptors (Lipinski definition) is 5. The van der Waals surface area contributed by atoms with Gasteiger partial charge in [0.1, 0.15) is 5.75 Å². The van der Waals surface area contributed by atoms with Crippen LogP contribution in [0.15, 0.2) is 42.6 Å². The van der Waals surface area contributed by atoms with E-state index in [4.69, 9.17) is 4.74 Å². The molecule has 1 aromatic carbocycles. The Morgan fingerprint density at radius 2 is 1.85 bits per heavy atom. The summed E-state index contributed by atoms with van der Waals surface area (Å²) in [7, 11) is 0. The largest absolute Gasteiger partial charge is 0.493 e. The molecule has 3 rings (SSSR count). The maximum Gasteiger partial charge on any atom is 0.197 e. The van der Waals surface area contributed by atoms with Gasteiger partial charge < -0.3 is 4.74 Å². The van der Waals surface area contributed by atoms with E-state index in [1.165, 1.54) is 5.56 Å². The molecule has 4 nitrogen and oxygen atoms in total. The third kappa shape index (κ3) is 4.52. The number of ether oxygens (including phenoxy) is 1. The number of aromatic nitrogens is 1. The lowest BCUT2D eigenvalue weighted by Gasteiger charge is -2.19. The summed E-state index contributed by atoms with van der Waals surface area (Å²) in [4.78, 5) is 28.0. The first-order valence-electron chi connectivity index (χ1n) is 8.89. The van der Waals surface area contributed by atoms with Gasteiger partial charge in [-0.2, -0.15) is 0 Å². The fourth-order valence-corrected chi connectivity index (χ4v) is 4.11. The molecule has 1 fully saturated rings. The lowest BCUT2D eigenvalue weighted by Crippen LogP contribution is -2.29. The highest BCUT2D eigenvalue weighted by molar-refractivity contribution is 8.16. The Hall–Kier alpha value is -2.14. The number of Topliss-reactive ketones (excluding diaryl/α,β-unsaturated/α-hetero) is 1. The van der Waals surface area contributed by atoms with E-state index in [1.54, 1.807) is 0 Å². The van der Waals surface area contributed by atoms with Crippen molar-refractivity contribution in [2.24, 2.45) is 0 Å². The number of aryl methyl sites for hydroxylation is 1. The quantitative estimate of drug-likeness (QED) is 0.695. The van der Waals surface area contributed by atoms with E-state index in [0.29, 0.717) is 13.0 Å². The summed E-state index contributed by atoms with van der Waals surface area (Å²) in [5, 5.41) is -0.0296. The maximum atomic E-state index is 12.0. The van der Waals surface area contributed by atoms with E-state index in [-0.39, 0.29) is 17.3 Å². The van der Waals surface area contributed by atoms with E-state index in [9.17, 15) is 9.59 Å². The van der Waals surface area contributed by atoms with Crippen LogP contribution in [0.2, 0.25) is 0 Å². The van der Waals surface area contributed by atoms with Crippen molar-refractivity contribution < 1.29 is 14.3 Å². The third-order valence-corrected chi connectivity index (χ3v) is 5.81. The Bertz CT molecular complexity index is 786. The molecule has 0 N–H and O–H groups in total. The summed E-state index contributed by atoms with van der Waals surface area (Å²) in [5.41, 5.74) is 3.29. The Balaban J connectivity index is 1.51. The fourth-order valence-electron chi connectivity index (χ4n) is 2.98. The number of benzene rings is 1. The molecule has 1 aliphatic heterocycles. The van der Waals surface area contributed by atoms with Crippen molar-refractivity contribution in [1.82, 2.24) is 4.98 Å². The van der Waals surface area contributed by atoms with Crippen molar-refractivity contribution >= 4 is 22.7 Å². The molecule has 0 aliphatic carbocycles. The Morgan fingerprint density at radius 3 is 2.42 bits per heavy atom. The molecule has 0 spiro atoms. The summed E-state index contributed by atoms with van der Waals surface area (Å²) in [5.74, 6) is 0.819. The van der Waals surface area contributed by atoms with Gasteiger partial charge in [-0.1, -0.05) is 36.9 Å². The van der Waals surface area contributed by atoms with Crippen LogP contribution in [-0.4, -0.2) is 27.2 Å². The molecule has 1 unspecified atom stereocenters. The van der Waals surface area contributed by atoms with Gasteiger partial charge >= 0.3 is 0 Å². The van der Waals surface area contributed by atoms with Gasteiger partial charge in [-0.05, 0) is 49.1 Å². The van der Waals surface area contributed by atoms with Crippen molar-refractivity contribution in [1.29, 1.82) is 0 Å². The Labute approximate surface area is 158 Å². The molecule has 0 radical (unpaired) electrons. The van der Waals surface area contributed by atoms with Crippen LogP contribution in [0.25, 0.3) is 0 Å². The van der Waals surface area contributed by atoms with Gasteiger partial charge in [0.15, 0.2) is 10.9 Å². The minimum atomic E-state index is -0.629. The lowest BCUT2D eigenvalue weighted by molar-refractivity contribution is -0.123. The summed E-state index contributed by atoms with van der Waals surface area (Å²) < 4.78 is 5.16. The zero-order valence-corrected chi connectivity index (χ0v) is 16.0. The molecule has 26 heavy (non-hydrogen) atoms. The molecular weight excluding hydrogens is 346 g/mol. The molecular formula is C21H23NO3S. The summed E-state index contributed by atoms with van der Waals surface area (Å²) in [6.45, 7) is 4.54. The standard InChI is InChI=1S/C21H23NO3S/c1-3-15-4-7-17(22-14-15)10-11-25-18-8-5-16(6-9-18)13-21(2)19(23)12-20(24)26-21/h4-9,14H,3,10-13H2,1-2H3. The average Bonchev–Trinajstić information content (AvgIpc) is 2.88. The molecule has 5 heteroatoms. The van der Waals surface area contributed by atoms with Crippen LogP contribution in [0.5, 0.6) is 5.75 Å². The number of carbonyl (C=O) groups excluding carboxylic acids is 2. The van der Waals surface area contributed by atoms with E-state index < -0.39 is 4.75 Å². The number of rotatable bonds is 7. The molecule has 1 aliphatic rings. The summed E-state index contributed by atoms with van der Waals surface area (Å²) in [6, 6.07) is 11.9. The van der Waals surface area contributed by atoms with E-state index in [2.05, 4.69) is 18.0 Å². The number of pyridine rings is 1. The van der Waals surface area contributed by atoms with Crippen molar-refractivity contribution in [3.63, 3.8) is 0 Å². The molecule has 1 saturated heterocycles. The number of nitrogens with zero attached hydrogens (tertiary/aromatic N) is 1. The molecule has 1 aromatic heterocycles. The van der Waals surface area contributed by atoms with Crippen LogP contribution in [-0.2, 0) is 28.9 Å². The van der Waals surface area contributed by atoms with Gasteiger partial charge in [0.25, 0.3) is 0 Å². The van der Waals surface area contributed by atoms with Crippen LogP contribution >= 0.6 is 11.8 Å². The highest BCUT2D eigenvalue weighted by Gasteiger charge is 2.43. The first kappa shape index (κ1) is 18.6. The number of hydrogen-bond donors (Lipinski definition) is 0. The lowest BCUT2D eigenvalue weighted by atomic mass is 9.95. The van der Waals surface area contributed by atoms with Crippen LogP contribution in [0.3, 0.4) is 0 Å². The van der Waals surface area contributed by atoms with Gasteiger partial charge in [-0.3, -0.25) is 14.6 Å². The normalized spacial score (nSPS) is 19.8. The first-order valence-corrected chi connectivity index (χ1v) is 9.71. The minimum absolute atomic E-state index is 0.0226. The molecule has 0 amide bonds. The van der Waals surface area contributed by atoms with Crippen molar-refractivity contribution in [2.75, 3.05) is 6.61 Å². The van der Waals surface area contributed by atoms with Crippen molar-refractivity contribution in [3.8, 4) is 5.75 Å². The SMILES string of the molecule is CCc1ccc(CCOc2ccc(CC3(C)SC(=O)CC3=O)cc2)nc1.